The predicted molar refractivity (Wildman–Crippen MR) is 83.1 cm³/mol. The molecule has 0 aliphatic carbocycles. The second-order valence-corrected chi connectivity index (χ2v) is 7.24. The van der Waals surface area contributed by atoms with Gasteiger partial charge in [0.05, 0.1) is 23.4 Å². The number of nitrogens with one attached hydrogen (secondary N) is 1. The Balaban J connectivity index is 1.91. The molecule has 2 heterocycles. The first-order valence-corrected chi connectivity index (χ1v) is 8.64. The average Bonchev–Trinajstić information content (AvgIpc) is 2.90. The molecule has 1 aromatic carbocycles. The summed E-state index contributed by atoms with van der Waals surface area (Å²) in [7, 11) is -3.63. The lowest BCUT2D eigenvalue weighted by molar-refractivity contribution is 0.356. The van der Waals surface area contributed by atoms with Gasteiger partial charge in [0.15, 0.2) is 0 Å². The number of rotatable bonds is 3. The van der Waals surface area contributed by atoms with Crippen LogP contribution in [0, 0.1) is 6.92 Å². The summed E-state index contributed by atoms with van der Waals surface area (Å²) in [5.74, 6) is 0.759. The minimum absolute atomic E-state index is 0.229. The minimum atomic E-state index is -3.63. The molecular formula is C14H13BrN2O3S. The molecule has 1 aliphatic heterocycles. The number of pyridine rings is 1. The summed E-state index contributed by atoms with van der Waals surface area (Å²) in [6.07, 6.45) is 2.21. The Labute approximate surface area is 131 Å². The molecule has 2 aromatic rings. The SMILES string of the molecule is Cc1cc(NS(=O)(=O)c2ccc3c(c2)CCO3)cnc1Br. The first-order chi connectivity index (χ1) is 9.95. The van der Waals surface area contributed by atoms with Gasteiger partial charge >= 0.3 is 0 Å². The number of anilines is 1. The van der Waals surface area contributed by atoms with Crippen molar-refractivity contribution >= 4 is 31.6 Å². The fourth-order valence-electron chi connectivity index (χ4n) is 2.16. The van der Waals surface area contributed by atoms with Gasteiger partial charge in [-0.1, -0.05) is 0 Å². The fraction of sp³-hybridized carbons (Fsp3) is 0.214. The summed E-state index contributed by atoms with van der Waals surface area (Å²) in [6, 6.07) is 6.63. The average molecular weight is 369 g/mol. The normalized spacial score (nSPS) is 13.6. The van der Waals surface area contributed by atoms with E-state index >= 15 is 0 Å². The molecule has 110 valence electrons. The molecule has 1 aromatic heterocycles. The topological polar surface area (TPSA) is 68.3 Å². The van der Waals surface area contributed by atoms with E-state index in [1.54, 1.807) is 24.3 Å². The molecule has 0 atom stereocenters. The van der Waals surface area contributed by atoms with Gasteiger partial charge in [-0.15, -0.1) is 0 Å². The Bertz CT molecular complexity index is 806. The van der Waals surface area contributed by atoms with Gasteiger partial charge in [-0.05, 0) is 58.2 Å². The third-order valence-corrected chi connectivity index (χ3v) is 5.45. The van der Waals surface area contributed by atoms with Crippen LogP contribution in [0.5, 0.6) is 5.75 Å². The van der Waals surface area contributed by atoms with Crippen LogP contribution in [0.25, 0.3) is 0 Å². The van der Waals surface area contributed by atoms with Crippen LogP contribution in [0.15, 0.2) is 40.0 Å². The second-order valence-electron chi connectivity index (χ2n) is 4.81. The zero-order chi connectivity index (χ0) is 15.0. The Kier molecular flexibility index (Phi) is 3.62. The highest BCUT2D eigenvalue weighted by Crippen LogP contribution is 2.28. The number of hydrogen-bond donors (Lipinski definition) is 1. The molecule has 5 nitrogen and oxygen atoms in total. The minimum Gasteiger partial charge on any atom is -0.493 e. The van der Waals surface area contributed by atoms with Crippen molar-refractivity contribution in [2.24, 2.45) is 0 Å². The van der Waals surface area contributed by atoms with Crippen molar-refractivity contribution in [3.63, 3.8) is 0 Å². The fourth-order valence-corrected chi connectivity index (χ4v) is 3.46. The number of sulfonamides is 1. The summed E-state index contributed by atoms with van der Waals surface area (Å²) >= 11 is 3.29. The van der Waals surface area contributed by atoms with Gasteiger partial charge in [0.25, 0.3) is 10.0 Å². The van der Waals surface area contributed by atoms with Gasteiger partial charge in [0, 0.05) is 6.42 Å². The number of nitrogens with zero attached hydrogens (tertiary/aromatic N) is 1. The van der Waals surface area contributed by atoms with Crippen molar-refractivity contribution in [3.8, 4) is 5.75 Å². The first-order valence-electron chi connectivity index (χ1n) is 6.36. The molecule has 0 bridgehead atoms. The van der Waals surface area contributed by atoms with Gasteiger partial charge in [-0.2, -0.15) is 0 Å². The molecule has 1 N–H and O–H groups in total. The van der Waals surface area contributed by atoms with Gasteiger partial charge in [0.2, 0.25) is 0 Å². The molecule has 1 aliphatic rings. The Morgan fingerprint density at radius 3 is 2.90 bits per heavy atom. The number of ether oxygens (including phenoxy) is 1. The van der Waals surface area contributed by atoms with E-state index in [1.807, 2.05) is 6.92 Å². The highest BCUT2D eigenvalue weighted by Gasteiger charge is 2.19. The third-order valence-electron chi connectivity index (χ3n) is 3.24. The van der Waals surface area contributed by atoms with Gasteiger partial charge < -0.3 is 4.74 Å². The smallest absolute Gasteiger partial charge is 0.261 e. The van der Waals surface area contributed by atoms with Crippen LogP contribution in [-0.2, 0) is 16.4 Å². The summed E-state index contributed by atoms with van der Waals surface area (Å²) in [5, 5.41) is 0. The van der Waals surface area contributed by atoms with Crippen LogP contribution in [0.2, 0.25) is 0 Å². The lowest BCUT2D eigenvalue weighted by Gasteiger charge is -2.10. The van der Waals surface area contributed by atoms with E-state index in [2.05, 4.69) is 25.6 Å². The highest BCUT2D eigenvalue weighted by atomic mass is 79.9. The van der Waals surface area contributed by atoms with E-state index in [1.165, 1.54) is 6.20 Å². The molecule has 0 saturated carbocycles. The number of hydrogen-bond acceptors (Lipinski definition) is 4. The van der Waals surface area contributed by atoms with Crippen molar-refractivity contribution in [2.45, 2.75) is 18.2 Å². The van der Waals surface area contributed by atoms with E-state index < -0.39 is 10.0 Å². The van der Waals surface area contributed by atoms with Crippen molar-refractivity contribution in [3.05, 3.63) is 46.2 Å². The number of fused-ring (bicyclic) bond motifs is 1. The Morgan fingerprint density at radius 2 is 2.14 bits per heavy atom. The first kappa shape index (κ1) is 14.3. The zero-order valence-corrected chi connectivity index (χ0v) is 13.7. The largest absolute Gasteiger partial charge is 0.493 e. The standard InChI is InChI=1S/C14H13BrN2O3S/c1-9-6-11(8-16-14(9)15)17-21(18,19)12-2-3-13-10(7-12)4-5-20-13/h2-3,6-8,17H,4-5H2,1H3. The number of halogens is 1. The van der Waals surface area contributed by atoms with E-state index in [0.29, 0.717) is 16.9 Å². The molecule has 0 unspecified atom stereocenters. The van der Waals surface area contributed by atoms with Crippen LogP contribution in [0.4, 0.5) is 5.69 Å². The molecule has 0 spiro atoms. The maximum atomic E-state index is 12.4. The van der Waals surface area contributed by atoms with Crippen molar-refractivity contribution in [1.82, 2.24) is 4.98 Å². The van der Waals surface area contributed by atoms with Crippen LogP contribution in [-0.4, -0.2) is 20.0 Å². The summed E-state index contributed by atoms with van der Waals surface area (Å²) in [6.45, 7) is 2.45. The van der Waals surface area contributed by atoms with Crippen molar-refractivity contribution in [2.75, 3.05) is 11.3 Å². The van der Waals surface area contributed by atoms with Crippen LogP contribution < -0.4 is 9.46 Å². The molecule has 7 heteroatoms. The summed E-state index contributed by atoms with van der Waals surface area (Å²) < 4.78 is 33.4. The van der Waals surface area contributed by atoms with Crippen molar-refractivity contribution in [1.29, 1.82) is 0 Å². The monoisotopic (exact) mass is 368 g/mol. The van der Waals surface area contributed by atoms with Gasteiger partial charge in [0.1, 0.15) is 10.4 Å². The summed E-state index contributed by atoms with van der Waals surface area (Å²) in [5.41, 5.74) is 2.22. The molecular weight excluding hydrogens is 356 g/mol. The lowest BCUT2D eigenvalue weighted by Crippen LogP contribution is -2.13. The quantitative estimate of drug-likeness (QED) is 0.845. The molecule has 21 heavy (non-hydrogen) atoms. The number of benzene rings is 1. The van der Waals surface area contributed by atoms with Gasteiger partial charge in [-0.3, -0.25) is 4.72 Å². The second kappa shape index (κ2) is 5.31. The van der Waals surface area contributed by atoms with Crippen molar-refractivity contribution < 1.29 is 13.2 Å². The molecule has 0 saturated heterocycles. The maximum Gasteiger partial charge on any atom is 0.261 e. The van der Waals surface area contributed by atoms with Gasteiger partial charge in [-0.25, -0.2) is 13.4 Å². The van der Waals surface area contributed by atoms with E-state index in [9.17, 15) is 8.42 Å². The number of aryl methyl sites for hydroxylation is 1. The molecule has 3 rings (SSSR count). The predicted octanol–water partition coefficient (Wildman–Crippen LogP) is 2.89. The molecule has 0 amide bonds. The number of aromatic nitrogens is 1. The zero-order valence-electron chi connectivity index (χ0n) is 11.3. The van der Waals surface area contributed by atoms with Crippen LogP contribution in [0.1, 0.15) is 11.1 Å². The highest BCUT2D eigenvalue weighted by molar-refractivity contribution is 9.10. The molecule has 0 fully saturated rings. The molecule has 0 radical (unpaired) electrons. The van der Waals surface area contributed by atoms with Crippen LogP contribution in [0.3, 0.4) is 0 Å². The van der Waals surface area contributed by atoms with E-state index in [0.717, 1.165) is 23.3 Å². The Hall–Kier alpha value is -1.60. The van der Waals surface area contributed by atoms with Crippen LogP contribution >= 0.6 is 15.9 Å². The maximum absolute atomic E-state index is 12.4. The lowest BCUT2D eigenvalue weighted by atomic mass is 10.2. The summed E-state index contributed by atoms with van der Waals surface area (Å²) in [4.78, 5) is 4.31. The third kappa shape index (κ3) is 2.89. The van der Waals surface area contributed by atoms with E-state index in [4.69, 9.17) is 4.74 Å². The van der Waals surface area contributed by atoms with E-state index in [-0.39, 0.29) is 4.90 Å². The Morgan fingerprint density at radius 1 is 1.33 bits per heavy atom.